The summed E-state index contributed by atoms with van der Waals surface area (Å²) < 4.78 is 34.6. The highest BCUT2D eigenvalue weighted by atomic mass is 35.5. The molecule has 0 radical (unpaired) electrons. The Balaban J connectivity index is 1.96. The minimum absolute atomic E-state index is 0.197. The number of thiazole rings is 1. The van der Waals surface area contributed by atoms with Gasteiger partial charge in [0, 0.05) is 31.7 Å². The standard InChI is InChI=1S/C29H41ClN4O4S2/c1-6-10-18-33(19-11-7-2)40(36,37)23-14-12-22(13-15-23)28(35)34(21-20-32(8-3)9-4)29-31-26-25(38-5)17-16-24(30)27(26)39-29/h12-17H,6-11,18-21H2,1-5H3. The Kier molecular flexibility index (Phi) is 12.2. The molecule has 0 aliphatic heterocycles. The number of unbranched alkanes of at least 4 members (excludes halogenated alkanes) is 2. The molecular weight excluding hydrogens is 568 g/mol. The van der Waals surface area contributed by atoms with Crippen molar-refractivity contribution in [3.8, 4) is 5.75 Å². The molecule has 8 nitrogen and oxygen atoms in total. The van der Waals surface area contributed by atoms with Crippen molar-refractivity contribution in [2.45, 2.75) is 58.3 Å². The van der Waals surface area contributed by atoms with Crippen LogP contribution < -0.4 is 9.64 Å². The molecule has 1 aromatic heterocycles. The molecule has 0 aliphatic rings. The summed E-state index contributed by atoms with van der Waals surface area (Å²) in [5, 5.41) is 1.06. The summed E-state index contributed by atoms with van der Waals surface area (Å²) in [6.45, 7) is 12.0. The first-order valence-corrected chi connectivity index (χ1v) is 16.6. The lowest BCUT2D eigenvalue weighted by Gasteiger charge is -2.25. The molecule has 2 aromatic carbocycles. The molecule has 0 spiro atoms. The number of sulfonamides is 1. The zero-order valence-electron chi connectivity index (χ0n) is 24.2. The molecule has 1 heterocycles. The molecule has 40 heavy (non-hydrogen) atoms. The number of ether oxygens (including phenoxy) is 1. The summed E-state index contributed by atoms with van der Waals surface area (Å²) in [6.07, 6.45) is 3.44. The quantitative estimate of drug-likeness (QED) is 0.184. The van der Waals surface area contributed by atoms with Crippen LogP contribution in [0.3, 0.4) is 0 Å². The summed E-state index contributed by atoms with van der Waals surface area (Å²) in [7, 11) is -2.08. The largest absolute Gasteiger partial charge is 0.494 e. The van der Waals surface area contributed by atoms with Crippen LogP contribution in [0.25, 0.3) is 10.2 Å². The number of anilines is 1. The first kappa shape index (κ1) is 32.3. The van der Waals surface area contributed by atoms with Gasteiger partial charge >= 0.3 is 0 Å². The van der Waals surface area contributed by atoms with Gasteiger partial charge < -0.3 is 9.64 Å². The van der Waals surface area contributed by atoms with Crippen molar-refractivity contribution >= 4 is 54.2 Å². The third-order valence-electron chi connectivity index (χ3n) is 6.94. The Morgan fingerprint density at radius 2 is 1.55 bits per heavy atom. The number of hydrogen-bond acceptors (Lipinski definition) is 7. The van der Waals surface area contributed by atoms with E-state index >= 15 is 0 Å². The van der Waals surface area contributed by atoms with Gasteiger partial charge in [-0.1, -0.05) is 63.5 Å². The van der Waals surface area contributed by atoms with E-state index in [1.165, 1.54) is 23.5 Å². The number of carbonyl (C=O) groups is 1. The van der Waals surface area contributed by atoms with Crippen LogP contribution in [0.15, 0.2) is 41.3 Å². The first-order chi connectivity index (χ1) is 19.2. The average molecular weight is 609 g/mol. The number of fused-ring (bicyclic) bond motifs is 1. The molecule has 3 aromatic rings. The number of likely N-dealkylation sites (N-methyl/N-ethyl adjacent to an activating group) is 1. The predicted molar refractivity (Wildman–Crippen MR) is 166 cm³/mol. The summed E-state index contributed by atoms with van der Waals surface area (Å²) >= 11 is 7.80. The van der Waals surface area contributed by atoms with Gasteiger partial charge in [0.25, 0.3) is 5.91 Å². The van der Waals surface area contributed by atoms with Crippen LogP contribution in [0.2, 0.25) is 5.02 Å². The van der Waals surface area contributed by atoms with Crippen LogP contribution in [-0.2, 0) is 10.0 Å². The number of benzene rings is 2. The summed E-state index contributed by atoms with van der Waals surface area (Å²) in [6, 6.07) is 9.79. The second kappa shape index (κ2) is 15.1. The lowest BCUT2D eigenvalue weighted by atomic mass is 10.2. The number of nitrogens with zero attached hydrogens (tertiary/aromatic N) is 4. The minimum Gasteiger partial charge on any atom is -0.494 e. The van der Waals surface area contributed by atoms with Gasteiger partial charge in [-0.2, -0.15) is 4.31 Å². The normalized spacial score (nSPS) is 12.0. The number of carbonyl (C=O) groups excluding carboxylic acids is 1. The van der Waals surface area contributed by atoms with Crippen molar-refractivity contribution in [1.82, 2.24) is 14.2 Å². The molecule has 0 bridgehead atoms. The van der Waals surface area contributed by atoms with Gasteiger partial charge in [0.05, 0.1) is 21.7 Å². The topological polar surface area (TPSA) is 83.1 Å². The molecule has 11 heteroatoms. The van der Waals surface area contributed by atoms with E-state index in [0.717, 1.165) is 43.5 Å². The molecule has 0 aliphatic carbocycles. The van der Waals surface area contributed by atoms with Crippen LogP contribution in [0, 0.1) is 0 Å². The third kappa shape index (κ3) is 7.53. The summed E-state index contributed by atoms with van der Waals surface area (Å²) in [4.78, 5) is 22.7. The molecule has 220 valence electrons. The van der Waals surface area contributed by atoms with Gasteiger partial charge in [-0.15, -0.1) is 0 Å². The Hall–Kier alpha value is -2.24. The second-order valence-corrected chi connectivity index (χ2v) is 12.9. The molecular formula is C29H41ClN4O4S2. The number of methoxy groups -OCH3 is 1. The minimum atomic E-state index is -3.66. The molecule has 3 rings (SSSR count). The number of rotatable bonds is 16. The molecule has 1 amide bonds. The molecule has 0 fully saturated rings. The van der Waals surface area contributed by atoms with E-state index < -0.39 is 10.0 Å². The third-order valence-corrected chi connectivity index (χ3v) is 10.4. The maximum atomic E-state index is 13.9. The van der Waals surface area contributed by atoms with Crippen molar-refractivity contribution in [3.05, 3.63) is 47.0 Å². The lowest BCUT2D eigenvalue weighted by molar-refractivity contribution is 0.0983. The highest BCUT2D eigenvalue weighted by Gasteiger charge is 2.26. The molecule has 0 unspecified atom stereocenters. The second-order valence-electron chi connectivity index (χ2n) is 9.54. The Labute approximate surface area is 247 Å². The molecule has 0 saturated carbocycles. The zero-order valence-corrected chi connectivity index (χ0v) is 26.5. The van der Waals surface area contributed by atoms with Gasteiger partial charge in [0.15, 0.2) is 5.13 Å². The van der Waals surface area contributed by atoms with Crippen molar-refractivity contribution in [2.24, 2.45) is 0 Å². The van der Waals surface area contributed by atoms with E-state index in [1.54, 1.807) is 40.6 Å². The first-order valence-electron chi connectivity index (χ1n) is 14.0. The fourth-order valence-corrected chi connectivity index (χ4v) is 7.18. The van der Waals surface area contributed by atoms with Gasteiger partial charge in [0.1, 0.15) is 11.3 Å². The zero-order chi connectivity index (χ0) is 29.3. The van der Waals surface area contributed by atoms with Crippen LogP contribution in [0.5, 0.6) is 5.75 Å². The number of halogens is 1. The van der Waals surface area contributed by atoms with Crippen LogP contribution in [-0.4, -0.2) is 74.9 Å². The lowest BCUT2D eigenvalue weighted by Crippen LogP contribution is -2.39. The van der Waals surface area contributed by atoms with E-state index in [9.17, 15) is 13.2 Å². The highest BCUT2D eigenvalue weighted by molar-refractivity contribution is 7.89. The van der Waals surface area contributed by atoms with Gasteiger partial charge in [-0.3, -0.25) is 9.69 Å². The van der Waals surface area contributed by atoms with Crippen molar-refractivity contribution in [2.75, 3.05) is 51.3 Å². The Morgan fingerprint density at radius 3 is 2.10 bits per heavy atom. The SMILES string of the molecule is CCCCN(CCCC)S(=O)(=O)c1ccc(C(=O)N(CCN(CC)CC)c2nc3c(OC)ccc(Cl)c3s2)cc1. The molecule has 0 N–H and O–H groups in total. The molecule has 0 saturated heterocycles. The average Bonchev–Trinajstić information content (AvgIpc) is 3.41. The Morgan fingerprint density at radius 1 is 0.925 bits per heavy atom. The van der Waals surface area contributed by atoms with E-state index in [2.05, 4.69) is 18.7 Å². The fraction of sp³-hybridized carbons (Fsp3) is 0.517. The maximum Gasteiger partial charge on any atom is 0.260 e. The van der Waals surface area contributed by atoms with E-state index in [1.807, 2.05) is 13.8 Å². The maximum absolute atomic E-state index is 13.9. The van der Waals surface area contributed by atoms with Crippen molar-refractivity contribution in [3.63, 3.8) is 0 Å². The van der Waals surface area contributed by atoms with Crippen LogP contribution in [0.4, 0.5) is 5.13 Å². The van der Waals surface area contributed by atoms with E-state index in [-0.39, 0.29) is 10.8 Å². The fourth-order valence-electron chi connectivity index (χ4n) is 4.38. The van der Waals surface area contributed by atoms with Crippen LogP contribution >= 0.6 is 22.9 Å². The van der Waals surface area contributed by atoms with E-state index in [4.69, 9.17) is 21.3 Å². The Bertz CT molecular complexity index is 1350. The smallest absolute Gasteiger partial charge is 0.260 e. The van der Waals surface area contributed by atoms with E-state index in [0.29, 0.717) is 53.2 Å². The molecule has 0 atom stereocenters. The predicted octanol–water partition coefficient (Wildman–Crippen LogP) is 6.54. The number of hydrogen-bond donors (Lipinski definition) is 0. The highest BCUT2D eigenvalue weighted by Crippen LogP contribution is 2.39. The van der Waals surface area contributed by atoms with Gasteiger partial charge in [-0.25, -0.2) is 13.4 Å². The number of aromatic nitrogens is 1. The summed E-state index contributed by atoms with van der Waals surface area (Å²) in [5.74, 6) is 0.336. The van der Waals surface area contributed by atoms with Crippen LogP contribution in [0.1, 0.15) is 63.7 Å². The van der Waals surface area contributed by atoms with Crippen molar-refractivity contribution < 1.29 is 17.9 Å². The number of amides is 1. The monoisotopic (exact) mass is 608 g/mol. The van der Waals surface area contributed by atoms with Crippen molar-refractivity contribution in [1.29, 1.82) is 0 Å². The summed E-state index contributed by atoms with van der Waals surface area (Å²) in [5.41, 5.74) is 1.00. The van der Waals surface area contributed by atoms with Gasteiger partial charge in [0.2, 0.25) is 10.0 Å². The van der Waals surface area contributed by atoms with Gasteiger partial charge in [-0.05, 0) is 62.3 Å².